The first-order chi connectivity index (χ1) is 32.9. The van der Waals surface area contributed by atoms with Gasteiger partial charge >= 0.3 is 0 Å². The van der Waals surface area contributed by atoms with Crippen LogP contribution in [0.1, 0.15) is 95.9 Å². The van der Waals surface area contributed by atoms with E-state index in [9.17, 15) is 25.5 Å². The van der Waals surface area contributed by atoms with Crippen LogP contribution in [-0.2, 0) is 41.8 Å². The smallest absolute Gasteiger partial charge is 0.167 e. The largest absolute Gasteiger partial charge is 0.670 e. The fourth-order valence-electron chi connectivity index (χ4n) is 10.3. The number of aliphatic hydroxyl groups excluding tert-OH is 1. The van der Waals surface area contributed by atoms with E-state index in [2.05, 4.69) is 45.9 Å². The number of ether oxygens (including phenoxy) is 2. The number of rotatable bonds is 16. The van der Waals surface area contributed by atoms with Crippen molar-refractivity contribution in [3.63, 3.8) is 0 Å². The van der Waals surface area contributed by atoms with Gasteiger partial charge in [0.2, 0.25) is 0 Å². The lowest BCUT2D eigenvalue weighted by Gasteiger charge is -2.38. The zero-order chi connectivity index (χ0) is 47.8. The monoisotopic (exact) mass is 958 g/mol. The second-order valence-electron chi connectivity index (χ2n) is 18.9. The number of hydrogen-bond donors (Lipinski definition) is 7. The van der Waals surface area contributed by atoms with Gasteiger partial charge in [-0.1, -0.05) is 113 Å². The Labute approximate surface area is 407 Å². The maximum Gasteiger partial charge on any atom is 0.167 e. The van der Waals surface area contributed by atoms with Crippen LogP contribution >= 0.6 is 21.6 Å². The lowest BCUT2D eigenvalue weighted by atomic mass is 9.74. The van der Waals surface area contributed by atoms with Gasteiger partial charge in [-0.25, -0.2) is 0 Å². The predicted molar refractivity (Wildman–Crippen MR) is 272 cm³/mol. The van der Waals surface area contributed by atoms with Gasteiger partial charge < -0.3 is 45.3 Å². The van der Waals surface area contributed by atoms with E-state index in [0.717, 1.165) is 81.8 Å². The van der Waals surface area contributed by atoms with Crippen LogP contribution in [0.3, 0.4) is 0 Å². The summed E-state index contributed by atoms with van der Waals surface area (Å²) in [6.07, 6.45) is 8.73. The van der Waals surface area contributed by atoms with E-state index < -0.39 is 23.5 Å². The van der Waals surface area contributed by atoms with Gasteiger partial charge in [0.15, 0.2) is 23.0 Å². The Morgan fingerprint density at radius 3 is 2.46 bits per heavy atom. The van der Waals surface area contributed by atoms with E-state index in [0.29, 0.717) is 54.4 Å². The van der Waals surface area contributed by atoms with Crippen LogP contribution < -0.4 is 25.1 Å². The van der Waals surface area contributed by atoms with Crippen LogP contribution in [0.15, 0.2) is 103 Å². The molecule has 1 saturated carbocycles. The van der Waals surface area contributed by atoms with Crippen LogP contribution in [-0.4, -0.2) is 76.2 Å². The summed E-state index contributed by atoms with van der Waals surface area (Å²) in [6.45, 7) is 2.14. The molecule has 2 aliphatic rings. The number of benzene rings is 5. The van der Waals surface area contributed by atoms with Gasteiger partial charge in [0.1, 0.15) is 18.3 Å². The van der Waals surface area contributed by atoms with Gasteiger partial charge in [0.05, 0.1) is 18.8 Å². The van der Waals surface area contributed by atoms with Crippen LogP contribution in [0.5, 0.6) is 28.7 Å². The third-order valence-corrected chi connectivity index (χ3v) is 16.6. The van der Waals surface area contributed by atoms with Gasteiger partial charge in [-0.3, -0.25) is 10.1 Å². The normalized spacial score (nSPS) is 19.0. The van der Waals surface area contributed by atoms with E-state index in [1.54, 1.807) is 55.4 Å². The van der Waals surface area contributed by atoms with E-state index in [1.165, 1.54) is 10.8 Å². The molecular formula is C55H64N3O8S2-. The number of aromatic nitrogens is 1. The number of nitrogens with zero attached hydrogens (tertiary/aromatic N) is 1. The van der Waals surface area contributed by atoms with Gasteiger partial charge in [0, 0.05) is 53.5 Å². The molecular weight excluding hydrogens is 895 g/mol. The summed E-state index contributed by atoms with van der Waals surface area (Å²) in [4.78, 5) is 19.7. The van der Waals surface area contributed by atoms with Crippen molar-refractivity contribution in [1.29, 1.82) is 0 Å². The van der Waals surface area contributed by atoms with E-state index in [-0.39, 0.29) is 48.1 Å². The van der Waals surface area contributed by atoms with Crippen molar-refractivity contribution in [1.82, 2.24) is 15.6 Å². The lowest BCUT2D eigenvalue weighted by molar-refractivity contribution is -0.123. The molecule has 5 aromatic carbocycles. The predicted octanol–water partition coefficient (Wildman–Crippen LogP) is 9.21. The molecule has 1 aliphatic heterocycles. The summed E-state index contributed by atoms with van der Waals surface area (Å²) in [5, 5.41) is 66.2. The Bertz CT molecular complexity index is 2660. The number of nitrogens with one attached hydrogen (secondary N) is 2. The van der Waals surface area contributed by atoms with Crippen LogP contribution in [0.4, 0.5) is 0 Å². The van der Waals surface area contributed by atoms with Crippen LogP contribution in [0.2, 0.25) is 0 Å². The minimum atomic E-state index is -1.10. The summed E-state index contributed by atoms with van der Waals surface area (Å²) in [7, 11) is 6.58. The summed E-state index contributed by atoms with van der Waals surface area (Å²) < 4.78 is 12.0. The number of methoxy groups -OCH3 is 1. The number of aromatic hydroxyl groups is 3. The summed E-state index contributed by atoms with van der Waals surface area (Å²) >= 11 is 0. The Kier molecular flexibility index (Phi) is 16.0. The standard InChI is InChI=1S/C55H64N3O8S2/c1-54(64)32-58-34-66-53-47(31-67-68-33-54)39(15-17-49(53)61)26-45(40-24-42(28-43(59)25-40)55(56-2)19-7-4-8-20-55)51(63)29-50(62)41(22-35-18-21-57-30-35)23-38-14-16-48(60)52(65-3)46(38)27-37-12-9-11-36-10-5-6-13-44(36)37/h5-6,9-18,21,24-25,28,30,41,45,50,56,58-62,64H,4,7-8,19-20,22-23,26-27,29,31-34H2,1-3H3/q-1. The highest BCUT2D eigenvalue weighted by Gasteiger charge is 2.36. The Morgan fingerprint density at radius 1 is 0.897 bits per heavy atom. The highest BCUT2D eigenvalue weighted by Crippen LogP contribution is 2.44. The van der Waals surface area contributed by atoms with Gasteiger partial charge in [-0.05, 0) is 115 Å². The molecule has 11 nitrogen and oxygen atoms in total. The topological polar surface area (TPSA) is 175 Å². The Morgan fingerprint density at radius 2 is 1.68 bits per heavy atom. The van der Waals surface area contributed by atoms with E-state index in [4.69, 9.17) is 9.47 Å². The number of carbonyl (C=O) groups is 1. The van der Waals surface area contributed by atoms with Gasteiger partial charge in [-0.15, -0.1) is 0 Å². The fraction of sp³-hybridized carbons (Fsp3) is 0.400. The molecule has 7 N–H and O–H groups in total. The lowest BCUT2D eigenvalue weighted by Crippen LogP contribution is -2.41. The minimum Gasteiger partial charge on any atom is -0.670 e. The van der Waals surface area contributed by atoms with Crippen molar-refractivity contribution < 1.29 is 39.8 Å². The average Bonchev–Trinajstić information content (AvgIpc) is 3.85. The highest BCUT2D eigenvalue weighted by atomic mass is 33.1. The maximum absolute atomic E-state index is 15.4. The number of hydrogen-bond acceptors (Lipinski definition) is 12. The van der Waals surface area contributed by atoms with Gasteiger partial charge in [0.25, 0.3) is 0 Å². The molecule has 8 rings (SSSR count). The summed E-state index contributed by atoms with van der Waals surface area (Å²) in [6, 6.07) is 28.8. The third-order valence-electron chi connectivity index (χ3n) is 14.0. The zero-order valence-corrected chi connectivity index (χ0v) is 40.8. The molecule has 4 atom stereocenters. The number of phenolic OH excluding ortho intramolecular Hbond substituents is 3. The van der Waals surface area contributed by atoms with Crippen molar-refractivity contribution in [2.24, 2.45) is 5.92 Å². The quantitative estimate of drug-likeness (QED) is 0.0458. The zero-order valence-electron chi connectivity index (χ0n) is 39.2. The third kappa shape index (κ3) is 11.5. The molecule has 4 unspecified atom stereocenters. The molecule has 0 saturated heterocycles. The average molecular weight is 959 g/mol. The highest BCUT2D eigenvalue weighted by molar-refractivity contribution is 8.76. The second kappa shape index (κ2) is 22.1. The molecule has 6 aromatic rings. The number of aliphatic hydroxyl groups is 2. The maximum atomic E-state index is 15.4. The SMILES string of the molecule is CNC1(c2cc(O)cc(C(Cc3ccc(O)c4c3CSSCC(C)(O)CNCO4)C(=O)CC(O)C(Cc3cc[n-]c3)Cc3ccc(O)c(OC)c3Cc3cccc4ccccc34)c2)CCCCC1. The van der Waals surface area contributed by atoms with Crippen LogP contribution in [0.25, 0.3) is 10.8 Å². The molecule has 0 spiro atoms. The van der Waals surface area contributed by atoms with Crippen molar-refractivity contribution in [3.8, 4) is 28.7 Å². The summed E-state index contributed by atoms with van der Waals surface area (Å²) in [5.41, 5.74) is 5.46. The molecule has 0 amide bonds. The molecule has 1 fully saturated rings. The Balaban J connectivity index is 1.16. The first-order valence-corrected chi connectivity index (χ1v) is 26.1. The number of fused-ring (bicyclic) bond motifs is 2. The molecule has 360 valence electrons. The number of β-amino-alcohol motifs (C(OH)–C–C–N with tert-alkyl or cyclic N) is 1. The van der Waals surface area contributed by atoms with E-state index in [1.807, 2.05) is 49.5 Å². The van der Waals surface area contributed by atoms with Crippen LogP contribution in [0, 0.1) is 5.92 Å². The molecule has 68 heavy (non-hydrogen) atoms. The Hall–Kier alpha value is -5.15. The van der Waals surface area contributed by atoms with E-state index >= 15 is 4.79 Å². The molecule has 0 bridgehead atoms. The fourth-order valence-corrected chi connectivity index (χ4v) is 12.9. The number of carbonyl (C=O) groups excluding carboxylic acids is 1. The number of Topliss-reactive ketones (excluding diaryl/α,β-unsaturated/α-hetero) is 1. The van der Waals surface area contributed by atoms with Crippen molar-refractivity contribution >= 4 is 38.1 Å². The molecule has 1 aromatic heterocycles. The molecule has 1 aliphatic carbocycles. The number of phenols is 3. The molecule has 2 heterocycles. The van der Waals surface area contributed by atoms with Crippen molar-refractivity contribution in [2.45, 2.75) is 100 Å². The molecule has 13 heteroatoms. The molecule has 0 radical (unpaired) electrons. The number of ketones is 1. The van der Waals surface area contributed by atoms with Gasteiger partial charge in [-0.2, -0.15) is 12.4 Å². The first kappa shape index (κ1) is 49.3. The first-order valence-electron chi connectivity index (χ1n) is 23.6. The van der Waals surface area contributed by atoms with Crippen molar-refractivity contribution in [2.75, 3.05) is 33.2 Å². The second-order valence-corrected chi connectivity index (χ2v) is 21.4. The van der Waals surface area contributed by atoms with Crippen molar-refractivity contribution in [3.05, 3.63) is 148 Å². The summed E-state index contributed by atoms with van der Waals surface area (Å²) in [5.74, 6) is 0.218. The minimum absolute atomic E-state index is 0.0237.